The molecule has 0 saturated carbocycles. The molecule has 3 rings (SSSR count). The molecule has 3 nitrogen and oxygen atoms in total. The van der Waals surface area contributed by atoms with Gasteiger partial charge in [0.25, 0.3) is 5.91 Å². The highest BCUT2D eigenvalue weighted by Gasteiger charge is 2.23. The van der Waals surface area contributed by atoms with E-state index >= 15 is 0 Å². The lowest BCUT2D eigenvalue weighted by Gasteiger charge is -2.22. The van der Waals surface area contributed by atoms with Gasteiger partial charge in [-0.2, -0.15) is 0 Å². The van der Waals surface area contributed by atoms with Gasteiger partial charge < -0.3 is 9.80 Å². The third-order valence-corrected chi connectivity index (χ3v) is 5.61. The summed E-state index contributed by atoms with van der Waals surface area (Å²) in [5.74, 6) is 0.123. The zero-order chi connectivity index (χ0) is 15.7. The van der Waals surface area contributed by atoms with Crippen molar-refractivity contribution in [2.45, 2.75) is 13.5 Å². The van der Waals surface area contributed by atoms with Crippen LogP contribution in [0.5, 0.6) is 0 Å². The lowest BCUT2D eigenvalue weighted by molar-refractivity contribution is 0.0750. The molecule has 0 fully saturated rings. The van der Waals surface area contributed by atoms with Crippen molar-refractivity contribution in [3.63, 3.8) is 0 Å². The van der Waals surface area contributed by atoms with Gasteiger partial charge in [0.05, 0.1) is 5.56 Å². The fourth-order valence-corrected chi connectivity index (χ4v) is 3.44. The van der Waals surface area contributed by atoms with E-state index in [4.69, 9.17) is 0 Å². The number of benzene rings is 2. The predicted octanol–water partition coefficient (Wildman–Crippen LogP) is 3.69. The number of hydrogen-bond acceptors (Lipinski definition) is 2. The van der Waals surface area contributed by atoms with E-state index in [2.05, 4.69) is 52.7 Å². The molecule has 4 heteroatoms. The second-order valence-electron chi connectivity index (χ2n) is 5.71. The minimum Gasteiger partial charge on any atom is -0.373 e. The summed E-state index contributed by atoms with van der Waals surface area (Å²) in [6.45, 7) is 4.31. The molecule has 114 valence electrons. The first-order chi connectivity index (χ1) is 10.6. The summed E-state index contributed by atoms with van der Waals surface area (Å²) in [7, 11) is 2.09. The summed E-state index contributed by atoms with van der Waals surface area (Å²) >= 11 is 2.27. The quantitative estimate of drug-likeness (QED) is 0.675. The van der Waals surface area contributed by atoms with Gasteiger partial charge in [-0.1, -0.05) is 30.3 Å². The number of para-hydroxylation sites is 1. The lowest BCUT2D eigenvalue weighted by Crippen LogP contribution is -2.34. The van der Waals surface area contributed by atoms with Crippen LogP contribution in [-0.2, 0) is 6.54 Å². The van der Waals surface area contributed by atoms with Crippen LogP contribution in [0.3, 0.4) is 0 Å². The molecule has 1 heterocycles. The van der Waals surface area contributed by atoms with E-state index in [-0.39, 0.29) is 5.91 Å². The van der Waals surface area contributed by atoms with Gasteiger partial charge in [-0.3, -0.25) is 4.79 Å². The van der Waals surface area contributed by atoms with Crippen molar-refractivity contribution in [2.75, 3.05) is 25.0 Å². The average molecular weight is 406 g/mol. The minimum absolute atomic E-state index is 0.123. The molecule has 0 spiro atoms. The van der Waals surface area contributed by atoms with Crippen LogP contribution in [0.25, 0.3) is 0 Å². The van der Waals surface area contributed by atoms with Crippen molar-refractivity contribution in [1.82, 2.24) is 4.90 Å². The van der Waals surface area contributed by atoms with E-state index in [1.165, 1.54) is 11.3 Å². The number of likely N-dealkylation sites (N-methyl/N-ethyl adjacent to an activating group) is 1. The summed E-state index contributed by atoms with van der Waals surface area (Å²) in [6.07, 6.45) is 0. The second kappa shape index (κ2) is 6.28. The van der Waals surface area contributed by atoms with E-state index in [0.717, 1.165) is 27.8 Å². The Labute approximate surface area is 145 Å². The van der Waals surface area contributed by atoms with Crippen molar-refractivity contribution < 1.29 is 4.79 Å². The van der Waals surface area contributed by atoms with Crippen molar-refractivity contribution >= 4 is 34.2 Å². The largest absolute Gasteiger partial charge is 0.373 e. The molecule has 1 aliphatic rings. The van der Waals surface area contributed by atoms with E-state index < -0.39 is 0 Å². The third-order valence-electron chi connectivity index (χ3n) is 4.18. The maximum atomic E-state index is 12.9. The third kappa shape index (κ3) is 2.84. The molecular formula is C18H19IN2O. The van der Waals surface area contributed by atoms with Gasteiger partial charge >= 0.3 is 0 Å². The Hall–Kier alpha value is -1.56. The van der Waals surface area contributed by atoms with Crippen molar-refractivity contribution in [1.29, 1.82) is 0 Å². The average Bonchev–Trinajstić information content (AvgIpc) is 2.69. The number of amides is 1. The molecule has 22 heavy (non-hydrogen) atoms. The lowest BCUT2D eigenvalue weighted by atomic mass is 10.1. The molecule has 0 aromatic heterocycles. The Morgan fingerprint density at radius 3 is 2.68 bits per heavy atom. The van der Waals surface area contributed by atoms with Crippen LogP contribution in [-0.4, -0.2) is 30.9 Å². The van der Waals surface area contributed by atoms with E-state index in [9.17, 15) is 4.79 Å². The van der Waals surface area contributed by atoms with Gasteiger partial charge in [-0.25, -0.2) is 0 Å². The first-order valence-electron chi connectivity index (χ1n) is 7.41. The SMILES string of the molecule is Cc1cccc(C(=O)N2CCN(C)c3ccccc3C2)c1I. The standard InChI is InChI=1S/C18H19IN2O/c1-13-6-5-8-15(17(13)19)18(22)21-11-10-20(2)16-9-4-3-7-14(16)12-21/h3-9H,10-12H2,1-2H3. The highest BCUT2D eigenvalue weighted by molar-refractivity contribution is 14.1. The van der Waals surface area contributed by atoms with Gasteiger partial charge in [-0.05, 0) is 52.8 Å². The van der Waals surface area contributed by atoms with Crippen molar-refractivity contribution in [3.8, 4) is 0 Å². The molecular weight excluding hydrogens is 387 g/mol. The molecule has 0 saturated heterocycles. The monoisotopic (exact) mass is 406 g/mol. The Kier molecular flexibility index (Phi) is 4.38. The molecule has 0 radical (unpaired) electrons. The van der Waals surface area contributed by atoms with Crippen LogP contribution in [0, 0.1) is 10.5 Å². The van der Waals surface area contributed by atoms with Crippen LogP contribution in [0.15, 0.2) is 42.5 Å². The highest BCUT2D eigenvalue weighted by atomic mass is 127. The number of aryl methyl sites for hydroxylation is 1. The number of carbonyl (C=O) groups is 1. The Morgan fingerprint density at radius 2 is 1.86 bits per heavy atom. The molecule has 0 unspecified atom stereocenters. The Bertz CT molecular complexity index is 714. The highest BCUT2D eigenvalue weighted by Crippen LogP contribution is 2.26. The Morgan fingerprint density at radius 1 is 1.09 bits per heavy atom. The van der Waals surface area contributed by atoms with Crippen LogP contribution in [0.1, 0.15) is 21.5 Å². The number of fused-ring (bicyclic) bond motifs is 1. The molecule has 2 aromatic carbocycles. The van der Waals surface area contributed by atoms with E-state index in [0.29, 0.717) is 6.54 Å². The summed E-state index contributed by atoms with van der Waals surface area (Å²) in [4.78, 5) is 17.1. The summed E-state index contributed by atoms with van der Waals surface area (Å²) < 4.78 is 1.05. The zero-order valence-electron chi connectivity index (χ0n) is 12.8. The van der Waals surface area contributed by atoms with E-state index in [1.807, 2.05) is 36.1 Å². The van der Waals surface area contributed by atoms with Gasteiger partial charge in [0, 0.05) is 35.9 Å². The van der Waals surface area contributed by atoms with Gasteiger partial charge in [0.2, 0.25) is 0 Å². The number of halogens is 1. The fraction of sp³-hybridized carbons (Fsp3) is 0.278. The van der Waals surface area contributed by atoms with Gasteiger partial charge in [-0.15, -0.1) is 0 Å². The molecule has 0 N–H and O–H groups in total. The molecule has 1 amide bonds. The van der Waals surface area contributed by atoms with Gasteiger partial charge in [0.1, 0.15) is 0 Å². The smallest absolute Gasteiger partial charge is 0.255 e. The maximum Gasteiger partial charge on any atom is 0.255 e. The number of rotatable bonds is 1. The van der Waals surface area contributed by atoms with Crippen LogP contribution in [0.4, 0.5) is 5.69 Å². The number of nitrogens with zero attached hydrogens (tertiary/aromatic N) is 2. The first kappa shape index (κ1) is 15.3. The number of hydrogen-bond donors (Lipinski definition) is 0. The maximum absolute atomic E-state index is 12.9. The van der Waals surface area contributed by atoms with E-state index in [1.54, 1.807) is 0 Å². The second-order valence-corrected chi connectivity index (χ2v) is 6.79. The number of carbonyl (C=O) groups excluding carboxylic acids is 1. The molecule has 0 bridgehead atoms. The van der Waals surface area contributed by atoms with Gasteiger partial charge in [0.15, 0.2) is 0 Å². The predicted molar refractivity (Wildman–Crippen MR) is 98.3 cm³/mol. The number of anilines is 1. The van der Waals surface area contributed by atoms with Crippen LogP contribution >= 0.6 is 22.6 Å². The zero-order valence-corrected chi connectivity index (χ0v) is 15.0. The normalized spacial score (nSPS) is 14.5. The molecule has 2 aromatic rings. The summed E-state index contributed by atoms with van der Waals surface area (Å²) in [5, 5.41) is 0. The summed E-state index contributed by atoms with van der Waals surface area (Å²) in [6, 6.07) is 14.3. The topological polar surface area (TPSA) is 23.6 Å². The van der Waals surface area contributed by atoms with Crippen LogP contribution in [0.2, 0.25) is 0 Å². The Balaban J connectivity index is 1.93. The first-order valence-corrected chi connectivity index (χ1v) is 8.49. The van der Waals surface area contributed by atoms with Crippen molar-refractivity contribution in [3.05, 3.63) is 62.7 Å². The molecule has 1 aliphatic heterocycles. The fourth-order valence-electron chi connectivity index (χ4n) is 2.85. The van der Waals surface area contributed by atoms with Crippen molar-refractivity contribution in [2.24, 2.45) is 0 Å². The van der Waals surface area contributed by atoms with Crippen LogP contribution < -0.4 is 4.90 Å². The minimum atomic E-state index is 0.123. The molecule has 0 atom stereocenters. The summed E-state index contributed by atoms with van der Waals surface area (Å²) in [5.41, 5.74) is 4.39. The molecule has 0 aliphatic carbocycles.